The molecule has 3 rings (SSSR count). The minimum absolute atomic E-state index is 0.0271. The third kappa shape index (κ3) is 3.86. The number of benzene rings is 1. The molecule has 9 nitrogen and oxygen atoms in total. The average Bonchev–Trinajstić information content (AvgIpc) is 2.96. The van der Waals surface area contributed by atoms with Crippen LogP contribution >= 0.6 is 11.8 Å². The fourth-order valence-corrected chi connectivity index (χ4v) is 3.00. The number of anilines is 1. The highest BCUT2D eigenvalue weighted by atomic mass is 32.2. The van der Waals surface area contributed by atoms with Gasteiger partial charge in [0.15, 0.2) is 5.65 Å². The number of ether oxygens (including phenoxy) is 1. The molecule has 0 fully saturated rings. The monoisotopic (exact) mass is 359 g/mol. The Morgan fingerprint density at radius 3 is 3.00 bits per heavy atom. The highest BCUT2D eigenvalue weighted by Crippen LogP contribution is 2.35. The summed E-state index contributed by atoms with van der Waals surface area (Å²) in [5.41, 5.74) is 1.04. The van der Waals surface area contributed by atoms with Crippen molar-refractivity contribution >= 4 is 40.7 Å². The van der Waals surface area contributed by atoms with Gasteiger partial charge in [0, 0.05) is 17.2 Å². The van der Waals surface area contributed by atoms with Gasteiger partial charge in [-0.15, -0.1) is 0 Å². The highest BCUT2D eigenvalue weighted by Gasteiger charge is 2.15. The van der Waals surface area contributed by atoms with Crippen LogP contribution in [0.4, 0.5) is 16.4 Å². The van der Waals surface area contributed by atoms with E-state index in [0.717, 1.165) is 0 Å². The minimum atomic E-state index is -0.615. The second-order valence-corrected chi connectivity index (χ2v) is 5.91. The van der Waals surface area contributed by atoms with E-state index < -0.39 is 11.0 Å². The molecule has 3 aromatic rings. The number of hydrogen-bond acceptors (Lipinski definition) is 7. The second kappa shape index (κ2) is 7.18. The third-order valence-electron chi connectivity index (χ3n) is 3.10. The van der Waals surface area contributed by atoms with Crippen molar-refractivity contribution < 1.29 is 14.5 Å². The van der Waals surface area contributed by atoms with Crippen LogP contribution in [0, 0.1) is 10.1 Å². The Balaban J connectivity index is 1.84. The van der Waals surface area contributed by atoms with Crippen molar-refractivity contribution in [2.75, 3.05) is 11.9 Å². The molecule has 128 valence electrons. The molecule has 0 spiro atoms. The van der Waals surface area contributed by atoms with Crippen LogP contribution in [0.1, 0.15) is 6.92 Å². The van der Waals surface area contributed by atoms with Gasteiger partial charge in [-0.2, -0.15) is 0 Å². The molecular weight excluding hydrogens is 346 g/mol. The van der Waals surface area contributed by atoms with Gasteiger partial charge in [0.25, 0.3) is 5.69 Å². The number of nitro benzene ring substituents is 1. The van der Waals surface area contributed by atoms with Crippen molar-refractivity contribution in [3.8, 4) is 0 Å². The van der Waals surface area contributed by atoms with E-state index in [4.69, 9.17) is 4.74 Å². The molecule has 0 unspecified atom stereocenters. The summed E-state index contributed by atoms with van der Waals surface area (Å²) in [6.07, 6.45) is 0.965. The first-order valence-electron chi connectivity index (χ1n) is 7.27. The predicted octanol–water partition coefficient (Wildman–Crippen LogP) is 3.59. The van der Waals surface area contributed by atoms with Gasteiger partial charge in [-0.3, -0.25) is 15.4 Å². The number of carbonyl (C=O) groups is 1. The summed E-state index contributed by atoms with van der Waals surface area (Å²) >= 11 is 1.22. The lowest BCUT2D eigenvalue weighted by Crippen LogP contribution is -2.14. The lowest BCUT2D eigenvalue weighted by atomic mass is 10.3. The van der Waals surface area contributed by atoms with Crippen LogP contribution < -0.4 is 5.32 Å². The number of pyridine rings is 1. The Bertz CT molecular complexity index is 943. The quantitative estimate of drug-likeness (QED) is 0.527. The molecule has 25 heavy (non-hydrogen) atoms. The molecule has 1 aromatic carbocycles. The lowest BCUT2D eigenvalue weighted by Gasteiger charge is -2.02. The number of H-pyrrole nitrogens is 1. The van der Waals surface area contributed by atoms with Gasteiger partial charge in [0.05, 0.1) is 16.4 Å². The molecule has 0 bridgehead atoms. The summed E-state index contributed by atoms with van der Waals surface area (Å²) in [6.45, 7) is 1.95. The molecule has 0 atom stereocenters. The molecule has 0 radical (unpaired) electrons. The summed E-state index contributed by atoms with van der Waals surface area (Å²) in [5.74, 6) is 0.216. The zero-order valence-electron chi connectivity index (χ0n) is 13.1. The summed E-state index contributed by atoms with van der Waals surface area (Å²) < 4.78 is 4.78. The number of fused-ring (bicyclic) bond motifs is 1. The summed E-state index contributed by atoms with van der Waals surface area (Å²) in [5, 5.41) is 13.6. The van der Waals surface area contributed by atoms with Gasteiger partial charge in [0.2, 0.25) is 5.95 Å². The number of amides is 1. The number of imidazole rings is 1. The van der Waals surface area contributed by atoms with E-state index in [9.17, 15) is 14.9 Å². The van der Waals surface area contributed by atoms with E-state index in [1.54, 1.807) is 37.4 Å². The van der Waals surface area contributed by atoms with Crippen LogP contribution in [-0.4, -0.2) is 32.6 Å². The standard InChI is InChI=1S/C15H13N5O4S/c1-2-24-15(21)19-14-17-10-7-9(8-16-13(10)18-14)25-12-6-4-3-5-11(12)20(22)23/h3-8H,2H2,1H3,(H2,16,17,18,19,21). The fraction of sp³-hybridized carbons (Fsp3) is 0.133. The SMILES string of the molecule is CCOC(=O)Nc1nc2cc(Sc3ccccc3[N+](=O)[O-])cnc2[nH]1. The van der Waals surface area contributed by atoms with Crippen LogP contribution in [0.15, 0.2) is 46.3 Å². The number of para-hydroxylation sites is 1. The molecule has 1 amide bonds. The first kappa shape index (κ1) is 16.7. The van der Waals surface area contributed by atoms with Gasteiger partial charge < -0.3 is 9.72 Å². The summed E-state index contributed by atoms with van der Waals surface area (Å²) in [6, 6.07) is 8.20. The number of aromatic nitrogens is 3. The second-order valence-electron chi connectivity index (χ2n) is 4.80. The molecule has 10 heteroatoms. The molecule has 0 aliphatic carbocycles. The fourth-order valence-electron chi connectivity index (χ4n) is 2.08. The zero-order valence-corrected chi connectivity index (χ0v) is 13.9. The number of nitro groups is 1. The first-order chi connectivity index (χ1) is 12.1. The number of nitrogens with zero attached hydrogens (tertiary/aromatic N) is 3. The van der Waals surface area contributed by atoms with Crippen LogP contribution in [0.25, 0.3) is 11.2 Å². The van der Waals surface area contributed by atoms with Crippen molar-refractivity contribution in [1.29, 1.82) is 0 Å². The van der Waals surface area contributed by atoms with Gasteiger partial charge in [0.1, 0.15) is 5.52 Å². The lowest BCUT2D eigenvalue weighted by molar-refractivity contribution is -0.387. The first-order valence-corrected chi connectivity index (χ1v) is 8.09. The Kier molecular flexibility index (Phi) is 4.80. The van der Waals surface area contributed by atoms with Crippen LogP contribution in [0.5, 0.6) is 0 Å². The number of hydrogen-bond donors (Lipinski definition) is 2. The maximum absolute atomic E-state index is 11.4. The van der Waals surface area contributed by atoms with Crippen LogP contribution in [-0.2, 0) is 4.74 Å². The van der Waals surface area contributed by atoms with Gasteiger partial charge in [-0.25, -0.2) is 14.8 Å². The molecule has 2 heterocycles. The number of carbonyl (C=O) groups excluding carboxylic acids is 1. The van der Waals surface area contributed by atoms with E-state index in [1.165, 1.54) is 17.8 Å². The maximum atomic E-state index is 11.4. The van der Waals surface area contributed by atoms with Crippen molar-refractivity contribution in [2.45, 2.75) is 16.7 Å². The highest BCUT2D eigenvalue weighted by molar-refractivity contribution is 7.99. The minimum Gasteiger partial charge on any atom is -0.450 e. The van der Waals surface area contributed by atoms with E-state index in [0.29, 0.717) is 21.0 Å². The van der Waals surface area contributed by atoms with E-state index in [2.05, 4.69) is 20.3 Å². The topological polar surface area (TPSA) is 123 Å². The maximum Gasteiger partial charge on any atom is 0.413 e. The zero-order chi connectivity index (χ0) is 17.8. The summed E-state index contributed by atoms with van der Waals surface area (Å²) in [4.78, 5) is 34.6. The number of aromatic amines is 1. The van der Waals surface area contributed by atoms with Crippen molar-refractivity contribution in [3.05, 3.63) is 46.6 Å². The third-order valence-corrected chi connectivity index (χ3v) is 4.12. The number of nitrogens with one attached hydrogen (secondary N) is 2. The van der Waals surface area contributed by atoms with Gasteiger partial charge in [-0.1, -0.05) is 23.9 Å². The van der Waals surface area contributed by atoms with Crippen molar-refractivity contribution in [2.24, 2.45) is 0 Å². The largest absolute Gasteiger partial charge is 0.450 e. The molecular formula is C15H13N5O4S. The molecule has 2 N–H and O–H groups in total. The van der Waals surface area contributed by atoms with Crippen LogP contribution in [0.3, 0.4) is 0 Å². The molecule has 0 saturated carbocycles. The van der Waals surface area contributed by atoms with E-state index in [-0.39, 0.29) is 18.2 Å². The Morgan fingerprint density at radius 2 is 2.24 bits per heavy atom. The molecule has 2 aromatic heterocycles. The van der Waals surface area contributed by atoms with Gasteiger partial charge in [-0.05, 0) is 19.1 Å². The van der Waals surface area contributed by atoms with Crippen molar-refractivity contribution in [1.82, 2.24) is 15.0 Å². The molecule has 0 saturated heterocycles. The van der Waals surface area contributed by atoms with Crippen LogP contribution in [0.2, 0.25) is 0 Å². The average molecular weight is 359 g/mol. The molecule has 0 aliphatic rings. The Labute approximate surface area is 146 Å². The van der Waals surface area contributed by atoms with Crippen molar-refractivity contribution in [3.63, 3.8) is 0 Å². The predicted molar refractivity (Wildman–Crippen MR) is 91.8 cm³/mol. The smallest absolute Gasteiger partial charge is 0.413 e. The van der Waals surface area contributed by atoms with Gasteiger partial charge >= 0.3 is 6.09 Å². The van der Waals surface area contributed by atoms with E-state index in [1.807, 2.05) is 0 Å². The summed E-state index contributed by atoms with van der Waals surface area (Å²) in [7, 11) is 0. The Morgan fingerprint density at radius 1 is 1.44 bits per heavy atom. The van der Waals surface area contributed by atoms with E-state index >= 15 is 0 Å². The number of rotatable bonds is 5. The normalized spacial score (nSPS) is 10.6. The Hall–Kier alpha value is -3.14. The molecule has 0 aliphatic heterocycles.